The van der Waals surface area contributed by atoms with Gasteiger partial charge >= 0.3 is 0 Å². The molecule has 2 heteroatoms. The van der Waals surface area contributed by atoms with Crippen LogP contribution in [0.2, 0.25) is 0 Å². The van der Waals surface area contributed by atoms with E-state index in [9.17, 15) is 5.11 Å². The first kappa shape index (κ1) is 18.9. The highest BCUT2D eigenvalue weighted by Gasteiger charge is 2.54. The molecule has 0 saturated carbocycles. The minimum atomic E-state index is -0.326. The Balaban J connectivity index is 2.09. The van der Waals surface area contributed by atoms with Gasteiger partial charge in [-0.2, -0.15) is 0 Å². The summed E-state index contributed by atoms with van der Waals surface area (Å²) in [6.07, 6.45) is 3.68. The molecule has 28 heavy (non-hydrogen) atoms. The first-order chi connectivity index (χ1) is 13.8. The molecule has 1 aliphatic rings. The first-order valence-electron chi connectivity index (χ1n) is 10.5. The number of quaternary nitrogens is 1. The lowest BCUT2D eigenvalue weighted by Gasteiger charge is -2.56. The lowest BCUT2D eigenvalue weighted by molar-refractivity contribution is -0.975. The van der Waals surface area contributed by atoms with Crippen molar-refractivity contribution in [1.29, 1.82) is 0 Å². The summed E-state index contributed by atoms with van der Waals surface area (Å²) in [5.74, 6) is 0. The number of hydrogen-bond acceptors (Lipinski definition) is 1. The monoisotopic (exact) mass is 372 g/mol. The zero-order valence-corrected chi connectivity index (χ0v) is 16.5. The molecule has 1 saturated heterocycles. The summed E-state index contributed by atoms with van der Waals surface area (Å²) in [5, 5.41) is 10.2. The number of likely N-dealkylation sites (tertiary alicyclic amines) is 1. The Hall–Kier alpha value is -2.42. The van der Waals surface area contributed by atoms with Gasteiger partial charge in [-0.05, 0) is 19.3 Å². The highest BCUT2D eigenvalue weighted by Crippen LogP contribution is 2.48. The van der Waals surface area contributed by atoms with Crippen LogP contribution in [0.3, 0.4) is 0 Å². The molecule has 4 rings (SSSR count). The van der Waals surface area contributed by atoms with Gasteiger partial charge in [0.05, 0.1) is 19.7 Å². The Morgan fingerprint density at radius 3 is 1.36 bits per heavy atom. The fourth-order valence-corrected chi connectivity index (χ4v) is 5.40. The minimum Gasteiger partial charge on any atom is -0.391 e. The van der Waals surface area contributed by atoms with Gasteiger partial charge in [-0.1, -0.05) is 91.0 Å². The van der Waals surface area contributed by atoms with Crippen molar-refractivity contribution in [1.82, 2.24) is 0 Å². The quantitative estimate of drug-likeness (QED) is 0.478. The first-order valence-corrected chi connectivity index (χ1v) is 10.5. The number of nitrogens with zero attached hydrogens (tertiary/aromatic N) is 1. The number of aliphatic hydroxyl groups excluding tert-OH is 1. The van der Waals surface area contributed by atoms with E-state index < -0.39 is 0 Å². The normalized spacial score (nSPS) is 16.6. The molecule has 0 spiro atoms. The van der Waals surface area contributed by atoms with E-state index in [1.807, 2.05) is 0 Å². The second-order valence-corrected chi connectivity index (χ2v) is 7.91. The van der Waals surface area contributed by atoms with Gasteiger partial charge in [-0.3, -0.25) is 0 Å². The number of benzene rings is 3. The number of rotatable bonds is 6. The summed E-state index contributed by atoms with van der Waals surface area (Å²) in [6.45, 7) is 3.13. The summed E-state index contributed by atoms with van der Waals surface area (Å²) < 4.78 is 0.877. The van der Waals surface area contributed by atoms with Gasteiger partial charge in [0.25, 0.3) is 0 Å². The highest BCUT2D eigenvalue weighted by atomic mass is 16.3. The topological polar surface area (TPSA) is 20.2 Å². The molecule has 0 bridgehead atoms. The Morgan fingerprint density at radius 2 is 1.00 bits per heavy atom. The molecule has 0 aromatic heterocycles. The third kappa shape index (κ3) is 3.07. The summed E-state index contributed by atoms with van der Waals surface area (Å²) in [7, 11) is 0. The van der Waals surface area contributed by atoms with Crippen molar-refractivity contribution in [2.45, 2.75) is 24.8 Å². The number of piperidine rings is 1. The molecule has 0 unspecified atom stereocenters. The Bertz CT molecular complexity index is 753. The fourth-order valence-electron chi connectivity index (χ4n) is 5.40. The molecule has 3 aromatic rings. The summed E-state index contributed by atoms with van der Waals surface area (Å²) >= 11 is 0. The van der Waals surface area contributed by atoms with Crippen LogP contribution < -0.4 is 0 Å². The van der Waals surface area contributed by atoms with E-state index in [0.717, 1.165) is 24.1 Å². The number of hydrogen-bond donors (Lipinski definition) is 1. The fraction of sp³-hybridized carbons (Fsp3) is 0.308. The Morgan fingerprint density at radius 1 is 0.607 bits per heavy atom. The maximum atomic E-state index is 10.2. The molecule has 1 N–H and O–H groups in total. The summed E-state index contributed by atoms with van der Waals surface area (Å²) in [4.78, 5) is 0. The lowest BCUT2D eigenvalue weighted by Crippen LogP contribution is -2.66. The Kier molecular flexibility index (Phi) is 5.61. The van der Waals surface area contributed by atoms with Crippen LogP contribution >= 0.6 is 0 Å². The van der Waals surface area contributed by atoms with E-state index in [-0.39, 0.29) is 12.1 Å². The van der Waals surface area contributed by atoms with Crippen LogP contribution in [-0.4, -0.2) is 35.8 Å². The van der Waals surface area contributed by atoms with E-state index in [0.29, 0.717) is 0 Å². The SMILES string of the molecule is OCC[N+]1(C(c2ccccc2)(c2ccccc2)c2ccccc2)CCCCC1. The smallest absolute Gasteiger partial charge is 0.176 e. The van der Waals surface area contributed by atoms with Crippen LogP contribution in [0.4, 0.5) is 0 Å². The van der Waals surface area contributed by atoms with Crippen LogP contribution in [0, 0.1) is 0 Å². The molecule has 1 heterocycles. The zero-order chi connectivity index (χ0) is 19.3. The molecule has 0 aliphatic carbocycles. The molecular formula is C26H30NO+. The van der Waals surface area contributed by atoms with Gasteiger partial charge in [0.1, 0.15) is 6.54 Å². The molecule has 144 valence electrons. The van der Waals surface area contributed by atoms with Gasteiger partial charge in [-0.25, -0.2) is 0 Å². The average Bonchev–Trinajstić information content (AvgIpc) is 2.77. The minimum absolute atomic E-state index is 0.203. The second-order valence-electron chi connectivity index (χ2n) is 7.91. The van der Waals surface area contributed by atoms with E-state index in [1.54, 1.807) is 0 Å². The molecule has 0 radical (unpaired) electrons. The van der Waals surface area contributed by atoms with Crippen molar-refractivity contribution in [3.05, 3.63) is 108 Å². The van der Waals surface area contributed by atoms with Crippen LogP contribution in [-0.2, 0) is 5.54 Å². The van der Waals surface area contributed by atoms with Crippen LogP contribution in [0.25, 0.3) is 0 Å². The van der Waals surface area contributed by atoms with Crippen molar-refractivity contribution >= 4 is 0 Å². The maximum absolute atomic E-state index is 10.2. The van der Waals surface area contributed by atoms with Gasteiger partial charge in [0, 0.05) is 16.7 Å². The molecule has 1 aliphatic heterocycles. The predicted octanol–water partition coefficient (Wildman–Crippen LogP) is 4.97. The summed E-state index contributed by atoms with van der Waals surface area (Å²) in [6, 6.07) is 32.8. The molecule has 0 atom stereocenters. The van der Waals surface area contributed by atoms with Crippen molar-refractivity contribution in [3.63, 3.8) is 0 Å². The molecular weight excluding hydrogens is 342 g/mol. The molecule has 0 amide bonds. The molecule has 1 fully saturated rings. The molecule has 2 nitrogen and oxygen atoms in total. The van der Waals surface area contributed by atoms with Crippen molar-refractivity contribution in [2.24, 2.45) is 0 Å². The van der Waals surface area contributed by atoms with E-state index in [4.69, 9.17) is 0 Å². The third-order valence-electron chi connectivity index (χ3n) is 6.49. The van der Waals surface area contributed by atoms with Gasteiger partial charge in [-0.15, -0.1) is 0 Å². The van der Waals surface area contributed by atoms with Gasteiger partial charge in [0.2, 0.25) is 0 Å². The lowest BCUT2D eigenvalue weighted by atomic mass is 9.72. The maximum Gasteiger partial charge on any atom is 0.176 e. The van der Waals surface area contributed by atoms with Crippen LogP contribution in [0.15, 0.2) is 91.0 Å². The second kappa shape index (κ2) is 8.30. The number of aliphatic hydroxyl groups is 1. The van der Waals surface area contributed by atoms with Crippen molar-refractivity contribution in [2.75, 3.05) is 26.2 Å². The van der Waals surface area contributed by atoms with Crippen molar-refractivity contribution < 1.29 is 9.59 Å². The van der Waals surface area contributed by atoms with Gasteiger partial charge < -0.3 is 9.59 Å². The van der Waals surface area contributed by atoms with Crippen LogP contribution in [0.1, 0.15) is 36.0 Å². The zero-order valence-electron chi connectivity index (χ0n) is 16.5. The predicted molar refractivity (Wildman–Crippen MR) is 115 cm³/mol. The van der Waals surface area contributed by atoms with E-state index in [1.165, 1.54) is 36.0 Å². The van der Waals surface area contributed by atoms with Crippen molar-refractivity contribution in [3.8, 4) is 0 Å². The largest absolute Gasteiger partial charge is 0.391 e. The van der Waals surface area contributed by atoms with Crippen LogP contribution in [0.5, 0.6) is 0 Å². The summed E-state index contributed by atoms with van der Waals surface area (Å²) in [5.41, 5.74) is 3.60. The Labute approximate surface area is 168 Å². The highest BCUT2D eigenvalue weighted by molar-refractivity contribution is 5.47. The van der Waals surface area contributed by atoms with E-state index >= 15 is 0 Å². The average molecular weight is 373 g/mol. The van der Waals surface area contributed by atoms with Gasteiger partial charge in [0.15, 0.2) is 5.54 Å². The van der Waals surface area contributed by atoms with E-state index in [2.05, 4.69) is 91.0 Å². The standard InChI is InChI=1S/C26H30NO/c28-22-21-27(19-11-4-12-20-27)26(23-13-5-1-6-14-23,24-15-7-2-8-16-24)25-17-9-3-10-18-25/h1-3,5-10,13-18,28H,4,11-12,19-22H2/q+1. The molecule has 3 aromatic carbocycles. The third-order valence-corrected chi connectivity index (χ3v) is 6.49.